The maximum atomic E-state index is 12.2. The van der Waals surface area contributed by atoms with Gasteiger partial charge in [0.2, 0.25) is 0 Å². The van der Waals surface area contributed by atoms with Crippen molar-refractivity contribution in [2.45, 2.75) is 6.92 Å². The van der Waals surface area contributed by atoms with Gasteiger partial charge in [-0.05, 0) is 43.3 Å². The van der Waals surface area contributed by atoms with Gasteiger partial charge in [0.25, 0.3) is 0 Å². The summed E-state index contributed by atoms with van der Waals surface area (Å²) in [5.41, 5.74) is 0.813. The van der Waals surface area contributed by atoms with Crippen LogP contribution in [0.4, 0.5) is 0 Å². The first-order valence-corrected chi connectivity index (χ1v) is 7.63. The molecule has 0 atom stereocenters. The maximum absolute atomic E-state index is 12.2. The lowest BCUT2D eigenvalue weighted by Gasteiger charge is -2.08. The molecule has 0 amide bonds. The van der Waals surface area contributed by atoms with Gasteiger partial charge in [-0.15, -0.1) is 0 Å². The summed E-state index contributed by atoms with van der Waals surface area (Å²) in [6.07, 6.45) is 3.55. The van der Waals surface area contributed by atoms with Crippen molar-refractivity contribution in [3.05, 3.63) is 65.1 Å². The van der Waals surface area contributed by atoms with Gasteiger partial charge in [-0.1, -0.05) is 11.6 Å². The van der Waals surface area contributed by atoms with E-state index >= 15 is 0 Å². The largest absolute Gasteiger partial charge is 0.461 e. The highest BCUT2D eigenvalue weighted by Crippen LogP contribution is 2.24. The summed E-state index contributed by atoms with van der Waals surface area (Å²) >= 11 is 5.93. The van der Waals surface area contributed by atoms with E-state index in [4.69, 9.17) is 16.3 Å². The number of aromatic nitrogens is 3. The number of esters is 1. The zero-order chi connectivity index (χ0) is 17.1. The number of nitriles is 1. The molecular formula is C17H13ClN4O2. The number of carbonyl (C=O) groups excluding carboxylic acids is 1. The topological polar surface area (TPSA) is 72.8 Å². The van der Waals surface area contributed by atoms with Crippen LogP contribution in [0.15, 0.2) is 48.8 Å². The van der Waals surface area contributed by atoms with Gasteiger partial charge in [0, 0.05) is 17.4 Å². The van der Waals surface area contributed by atoms with Crippen molar-refractivity contribution in [2.75, 3.05) is 6.61 Å². The van der Waals surface area contributed by atoms with E-state index in [1.54, 1.807) is 48.1 Å². The fourth-order valence-corrected chi connectivity index (χ4v) is 2.46. The molecule has 0 saturated heterocycles. The molecular weight excluding hydrogens is 328 g/mol. The third-order valence-corrected chi connectivity index (χ3v) is 3.61. The minimum atomic E-state index is -0.629. The lowest BCUT2D eigenvalue weighted by molar-refractivity contribution is 0.0518. The van der Waals surface area contributed by atoms with Crippen molar-refractivity contribution >= 4 is 17.6 Å². The first-order chi connectivity index (χ1) is 11.7. The molecule has 0 bridgehead atoms. The fraction of sp³-hybridized carbons (Fsp3) is 0.118. The Morgan fingerprint density at radius 1 is 1.29 bits per heavy atom. The zero-order valence-corrected chi connectivity index (χ0v) is 13.6. The fourth-order valence-electron chi connectivity index (χ4n) is 2.33. The molecule has 24 heavy (non-hydrogen) atoms. The van der Waals surface area contributed by atoms with Crippen LogP contribution in [0.5, 0.6) is 0 Å². The Morgan fingerprint density at radius 2 is 1.96 bits per heavy atom. The number of halogens is 1. The quantitative estimate of drug-likeness (QED) is 0.682. The van der Waals surface area contributed by atoms with Gasteiger partial charge in [0.15, 0.2) is 11.5 Å². The van der Waals surface area contributed by atoms with Crippen LogP contribution in [0.2, 0.25) is 5.02 Å². The van der Waals surface area contributed by atoms with Crippen LogP contribution < -0.4 is 0 Å². The lowest BCUT2D eigenvalue weighted by Crippen LogP contribution is -2.08. The minimum Gasteiger partial charge on any atom is -0.461 e. The molecule has 0 radical (unpaired) electrons. The van der Waals surface area contributed by atoms with E-state index in [-0.39, 0.29) is 17.9 Å². The second-order valence-electron chi connectivity index (χ2n) is 4.86. The molecule has 120 valence electrons. The average Bonchev–Trinajstić information content (AvgIpc) is 3.22. The highest BCUT2D eigenvalue weighted by atomic mass is 35.5. The molecule has 0 unspecified atom stereocenters. The summed E-state index contributed by atoms with van der Waals surface area (Å²) < 4.78 is 8.27. The van der Waals surface area contributed by atoms with Crippen LogP contribution >= 0.6 is 11.6 Å². The maximum Gasteiger partial charge on any atom is 0.360 e. The molecule has 6 nitrogen and oxygen atoms in total. The third kappa shape index (κ3) is 2.77. The van der Waals surface area contributed by atoms with Crippen molar-refractivity contribution in [3.8, 4) is 17.6 Å². The Bertz CT molecular complexity index is 905. The Morgan fingerprint density at radius 3 is 2.54 bits per heavy atom. The van der Waals surface area contributed by atoms with Crippen LogP contribution in [-0.4, -0.2) is 26.9 Å². The summed E-state index contributed by atoms with van der Waals surface area (Å²) in [5.74, 6) is -0.164. The first-order valence-electron chi connectivity index (χ1n) is 7.25. The van der Waals surface area contributed by atoms with Crippen molar-refractivity contribution in [3.63, 3.8) is 0 Å². The molecule has 1 aromatic carbocycles. The van der Waals surface area contributed by atoms with Gasteiger partial charge in [-0.25, -0.2) is 9.48 Å². The number of hydrogen-bond acceptors (Lipinski definition) is 4. The molecule has 0 aliphatic rings. The monoisotopic (exact) mass is 340 g/mol. The molecule has 0 N–H and O–H groups in total. The van der Waals surface area contributed by atoms with Crippen LogP contribution in [0.3, 0.4) is 0 Å². The molecule has 0 aliphatic carbocycles. The Hall–Kier alpha value is -3.04. The van der Waals surface area contributed by atoms with Crippen LogP contribution in [0.1, 0.15) is 23.0 Å². The number of benzene rings is 1. The normalized spacial score (nSPS) is 10.4. The van der Waals surface area contributed by atoms with Gasteiger partial charge in [0.1, 0.15) is 11.6 Å². The second-order valence-corrected chi connectivity index (χ2v) is 5.29. The standard InChI is InChI=1S/C17H13ClN4O2/c1-2-24-17(23)15-14(11-19)16(21-9-3-4-10-21)22(20-15)13-7-5-12(18)6-8-13/h3-10H,2H2,1H3. The van der Waals surface area contributed by atoms with E-state index < -0.39 is 5.97 Å². The number of carbonyl (C=O) groups is 1. The average molecular weight is 341 g/mol. The number of rotatable bonds is 4. The van der Waals surface area contributed by atoms with Crippen LogP contribution in [-0.2, 0) is 4.74 Å². The first kappa shape index (κ1) is 15.8. The molecule has 3 rings (SSSR count). The molecule has 0 fully saturated rings. The van der Waals surface area contributed by atoms with Gasteiger partial charge < -0.3 is 9.30 Å². The Labute approximate surface area is 143 Å². The van der Waals surface area contributed by atoms with Crippen LogP contribution in [0, 0.1) is 11.3 Å². The van der Waals surface area contributed by atoms with Crippen LogP contribution in [0.25, 0.3) is 11.5 Å². The van der Waals surface area contributed by atoms with E-state index in [2.05, 4.69) is 11.2 Å². The van der Waals surface area contributed by atoms with E-state index in [1.165, 1.54) is 4.68 Å². The Balaban J connectivity index is 2.26. The summed E-state index contributed by atoms with van der Waals surface area (Å²) in [5, 5.41) is 14.5. The summed E-state index contributed by atoms with van der Waals surface area (Å²) in [6, 6.07) is 12.7. The third-order valence-electron chi connectivity index (χ3n) is 3.36. The van der Waals surface area contributed by atoms with Crippen molar-refractivity contribution in [2.24, 2.45) is 0 Å². The van der Waals surface area contributed by atoms with Gasteiger partial charge >= 0.3 is 5.97 Å². The van der Waals surface area contributed by atoms with E-state index in [1.807, 2.05) is 12.1 Å². The summed E-state index contributed by atoms with van der Waals surface area (Å²) in [6.45, 7) is 1.91. The smallest absolute Gasteiger partial charge is 0.360 e. The lowest BCUT2D eigenvalue weighted by atomic mass is 10.2. The highest BCUT2D eigenvalue weighted by molar-refractivity contribution is 6.30. The summed E-state index contributed by atoms with van der Waals surface area (Å²) in [7, 11) is 0. The van der Waals surface area contributed by atoms with Gasteiger partial charge in [0.05, 0.1) is 12.3 Å². The van der Waals surface area contributed by atoms with Crippen molar-refractivity contribution < 1.29 is 9.53 Å². The van der Waals surface area contributed by atoms with Crippen molar-refractivity contribution in [1.29, 1.82) is 5.26 Å². The Kier molecular flexibility index (Phi) is 4.36. The minimum absolute atomic E-state index is 0.0157. The molecule has 7 heteroatoms. The zero-order valence-electron chi connectivity index (χ0n) is 12.8. The highest BCUT2D eigenvalue weighted by Gasteiger charge is 2.25. The predicted molar refractivity (Wildman–Crippen MR) is 88.6 cm³/mol. The van der Waals surface area contributed by atoms with Gasteiger partial charge in [-0.3, -0.25) is 0 Å². The van der Waals surface area contributed by atoms with Crippen molar-refractivity contribution in [1.82, 2.24) is 14.3 Å². The van der Waals surface area contributed by atoms with E-state index in [0.29, 0.717) is 16.5 Å². The van der Waals surface area contributed by atoms with E-state index in [9.17, 15) is 10.1 Å². The molecule has 0 aliphatic heterocycles. The molecule has 2 heterocycles. The van der Waals surface area contributed by atoms with E-state index in [0.717, 1.165) is 0 Å². The molecule has 3 aromatic rings. The number of hydrogen-bond donors (Lipinski definition) is 0. The predicted octanol–water partition coefficient (Wildman–Crippen LogP) is 3.36. The molecule has 0 spiro atoms. The van der Waals surface area contributed by atoms with Gasteiger partial charge in [-0.2, -0.15) is 10.4 Å². The molecule has 0 saturated carbocycles. The summed E-state index contributed by atoms with van der Waals surface area (Å²) in [4.78, 5) is 12.2. The second kappa shape index (κ2) is 6.60. The molecule has 2 aromatic heterocycles. The number of ether oxygens (including phenoxy) is 1. The SMILES string of the molecule is CCOC(=O)c1nn(-c2ccc(Cl)cc2)c(-n2cccc2)c1C#N. The number of nitrogens with zero attached hydrogens (tertiary/aromatic N) is 4.